The highest BCUT2D eigenvalue weighted by Gasteiger charge is 2.13. The maximum atomic E-state index is 11.0. The summed E-state index contributed by atoms with van der Waals surface area (Å²) in [7, 11) is 1.34. The van der Waals surface area contributed by atoms with E-state index in [9.17, 15) is 9.59 Å². The summed E-state index contributed by atoms with van der Waals surface area (Å²) < 4.78 is 4.52. The maximum absolute atomic E-state index is 11.0. The molecule has 0 heterocycles. The van der Waals surface area contributed by atoms with Crippen molar-refractivity contribution in [3.8, 4) is 0 Å². The minimum atomic E-state index is -1.18. The maximum Gasteiger partial charge on any atom is 0.322 e. The molecule has 0 aliphatic heterocycles. The van der Waals surface area contributed by atoms with Gasteiger partial charge in [0, 0.05) is 0 Å². The highest BCUT2D eigenvalue weighted by atomic mass is 16.5. The first kappa shape index (κ1) is 18.0. The van der Waals surface area contributed by atoms with Gasteiger partial charge in [-0.1, -0.05) is 30.3 Å². The van der Waals surface area contributed by atoms with Gasteiger partial charge >= 0.3 is 11.9 Å². The second kappa shape index (κ2) is 9.90. The number of esters is 1. The number of rotatable bonds is 5. The number of methoxy groups -OCH3 is 1. The van der Waals surface area contributed by atoms with Gasteiger partial charge in [-0.25, -0.2) is 0 Å². The number of carboxylic acid groups (broad SMARTS) is 1. The Morgan fingerprint density at radius 2 is 1.75 bits per heavy atom. The van der Waals surface area contributed by atoms with E-state index in [0.29, 0.717) is 6.42 Å². The molecule has 6 N–H and O–H groups in total. The van der Waals surface area contributed by atoms with Crippen molar-refractivity contribution < 1.29 is 24.5 Å². The lowest BCUT2D eigenvalue weighted by molar-refractivity contribution is -0.142. The minimum Gasteiger partial charge on any atom is -0.480 e. The number of ether oxygens (including phenoxy) is 1. The predicted molar refractivity (Wildman–Crippen MR) is 72.8 cm³/mol. The molecule has 20 heavy (non-hydrogen) atoms. The van der Waals surface area contributed by atoms with E-state index in [2.05, 4.69) is 4.74 Å². The number of aliphatic hydroxyl groups is 1. The minimum absolute atomic E-state index is 0.371. The lowest BCUT2D eigenvalue weighted by Crippen LogP contribution is -2.33. The van der Waals surface area contributed by atoms with Crippen LogP contribution >= 0.6 is 0 Å². The number of carbonyl (C=O) groups is 2. The van der Waals surface area contributed by atoms with Crippen LogP contribution in [0.25, 0.3) is 0 Å². The average molecular weight is 284 g/mol. The van der Waals surface area contributed by atoms with Gasteiger partial charge in [-0.3, -0.25) is 9.59 Å². The number of carboxylic acids is 1. The summed E-state index contributed by atoms with van der Waals surface area (Å²) in [6.45, 7) is -0.505. The number of hydrogen-bond donors (Lipinski definition) is 4. The first-order chi connectivity index (χ1) is 9.42. The van der Waals surface area contributed by atoms with E-state index in [1.807, 2.05) is 30.3 Å². The van der Waals surface area contributed by atoms with Gasteiger partial charge in [0.1, 0.15) is 12.1 Å². The van der Waals surface area contributed by atoms with Crippen molar-refractivity contribution in [2.45, 2.75) is 18.5 Å². The van der Waals surface area contributed by atoms with Crippen molar-refractivity contribution in [2.24, 2.45) is 11.5 Å². The Kier molecular flexibility index (Phi) is 8.93. The summed E-state index contributed by atoms with van der Waals surface area (Å²) in [6, 6.07) is 7.93. The van der Waals surface area contributed by atoms with Crippen molar-refractivity contribution in [2.75, 3.05) is 13.7 Å². The van der Waals surface area contributed by atoms with E-state index in [1.165, 1.54) is 7.11 Å². The van der Waals surface area contributed by atoms with E-state index in [0.717, 1.165) is 5.56 Å². The average Bonchev–Trinajstić information content (AvgIpc) is 2.47. The van der Waals surface area contributed by atoms with Crippen molar-refractivity contribution >= 4 is 11.9 Å². The summed E-state index contributed by atoms with van der Waals surface area (Å²) >= 11 is 0. The molecule has 0 amide bonds. The summed E-state index contributed by atoms with van der Waals surface area (Å²) in [6.07, 6.45) is 0.521. The van der Waals surface area contributed by atoms with Crippen LogP contribution in [0.3, 0.4) is 0 Å². The number of nitrogens with two attached hydrogens (primary N) is 2. The number of aliphatic hydroxyl groups excluding tert-OH is 1. The van der Waals surface area contributed by atoms with Crippen LogP contribution in [0.5, 0.6) is 0 Å². The number of hydrogen-bond acceptors (Lipinski definition) is 6. The first-order valence-corrected chi connectivity index (χ1v) is 5.89. The fraction of sp³-hybridized carbons (Fsp3) is 0.385. The van der Waals surface area contributed by atoms with Crippen molar-refractivity contribution in [3.63, 3.8) is 0 Å². The standard InChI is InChI=1S/C10H13NO2.C3H7NO3/c1-13-10(12)9(11)7-8-5-3-2-4-6-8;4-2(1-5)3(6)7/h2-6,9H,7,11H2,1H3;2,5H,1,4H2,(H,6,7). The quantitative estimate of drug-likeness (QED) is 0.515. The molecule has 0 saturated heterocycles. The van der Waals surface area contributed by atoms with Gasteiger partial charge in [0.2, 0.25) is 0 Å². The Hall–Kier alpha value is -1.96. The molecule has 0 saturated carbocycles. The summed E-state index contributed by atoms with van der Waals surface area (Å²) in [4.78, 5) is 20.6. The van der Waals surface area contributed by atoms with Gasteiger partial charge in [0.15, 0.2) is 0 Å². The molecule has 2 atom stereocenters. The van der Waals surface area contributed by atoms with Gasteiger partial charge in [-0.15, -0.1) is 0 Å². The fourth-order valence-corrected chi connectivity index (χ4v) is 1.18. The predicted octanol–water partition coefficient (Wildman–Crippen LogP) is -0.880. The Bertz CT molecular complexity index is 410. The highest BCUT2D eigenvalue weighted by Crippen LogP contribution is 2.02. The topological polar surface area (TPSA) is 136 Å². The molecule has 0 aliphatic carbocycles. The molecule has 7 heteroatoms. The molecule has 112 valence electrons. The zero-order valence-corrected chi connectivity index (χ0v) is 11.2. The number of carbonyl (C=O) groups excluding carboxylic acids is 1. The Morgan fingerprint density at radius 3 is 2.10 bits per heavy atom. The second-order valence-corrected chi connectivity index (χ2v) is 3.95. The lowest BCUT2D eigenvalue weighted by Gasteiger charge is -2.08. The third-order valence-corrected chi connectivity index (χ3v) is 2.32. The Balaban J connectivity index is 0.000000441. The van der Waals surface area contributed by atoms with Gasteiger partial charge in [0.25, 0.3) is 0 Å². The van der Waals surface area contributed by atoms with Crippen LogP contribution in [-0.4, -0.2) is 48.0 Å². The molecule has 0 aliphatic rings. The zero-order valence-electron chi connectivity index (χ0n) is 11.2. The first-order valence-electron chi connectivity index (χ1n) is 5.89. The third kappa shape index (κ3) is 7.47. The normalized spacial score (nSPS) is 12.6. The van der Waals surface area contributed by atoms with Crippen LogP contribution in [0.15, 0.2) is 30.3 Å². The van der Waals surface area contributed by atoms with Gasteiger partial charge in [-0.05, 0) is 12.0 Å². The van der Waals surface area contributed by atoms with Crippen molar-refractivity contribution in [1.29, 1.82) is 0 Å². The van der Waals surface area contributed by atoms with Gasteiger partial charge < -0.3 is 26.4 Å². The van der Waals surface area contributed by atoms with Crippen LogP contribution in [0.4, 0.5) is 0 Å². The molecule has 0 bridgehead atoms. The zero-order chi connectivity index (χ0) is 15.5. The van der Waals surface area contributed by atoms with E-state index in [4.69, 9.17) is 21.7 Å². The Labute approximate surface area is 117 Å². The van der Waals surface area contributed by atoms with E-state index in [-0.39, 0.29) is 5.97 Å². The number of aliphatic carboxylic acids is 1. The summed E-state index contributed by atoms with van der Waals surface area (Å²) in [5, 5.41) is 15.9. The van der Waals surface area contributed by atoms with Gasteiger partial charge in [0.05, 0.1) is 13.7 Å². The molecule has 0 radical (unpaired) electrons. The Morgan fingerprint density at radius 1 is 1.20 bits per heavy atom. The van der Waals surface area contributed by atoms with Gasteiger partial charge in [-0.2, -0.15) is 0 Å². The molecule has 2 unspecified atom stereocenters. The van der Waals surface area contributed by atoms with Crippen molar-refractivity contribution in [3.05, 3.63) is 35.9 Å². The summed E-state index contributed by atoms with van der Waals surface area (Å²) in [5.74, 6) is -1.55. The van der Waals surface area contributed by atoms with Crippen molar-refractivity contribution in [1.82, 2.24) is 0 Å². The van der Waals surface area contributed by atoms with Crippen LogP contribution in [0.2, 0.25) is 0 Å². The smallest absolute Gasteiger partial charge is 0.322 e. The second-order valence-electron chi connectivity index (χ2n) is 3.95. The van der Waals surface area contributed by atoms with Crippen LogP contribution < -0.4 is 11.5 Å². The lowest BCUT2D eigenvalue weighted by atomic mass is 10.1. The highest BCUT2D eigenvalue weighted by molar-refractivity contribution is 5.75. The molecule has 7 nitrogen and oxygen atoms in total. The third-order valence-electron chi connectivity index (χ3n) is 2.32. The fourth-order valence-electron chi connectivity index (χ4n) is 1.18. The SMILES string of the molecule is COC(=O)C(N)Cc1ccccc1.NC(CO)C(=O)O. The van der Waals surface area contributed by atoms with E-state index in [1.54, 1.807) is 0 Å². The molecular weight excluding hydrogens is 264 g/mol. The molecule has 0 spiro atoms. The van der Waals surface area contributed by atoms with Crippen LogP contribution in [0, 0.1) is 0 Å². The largest absolute Gasteiger partial charge is 0.480 e. The van der Waals surface area contributed by atoms with Crippen LogP contribution in [0.1, 0.15) is 5.56 Å². The van der Waals surface area contributed by atoms with E-state index < -0.39 is 24.7 Å². The monoisotopic (exact) mass is 284 g/mol. The molecule has 0 aromatic heterocycles. The molecular formula is C13H20N2O5. The molecule has 0 fully saturated rings. The molecule has 1 aromatic carbocycles. The molecule has 1 aromatic rings. The molecule has 1 rings (SSSR count). The van der Waals surface area contributed by atoms with E-state index >= 15 is 0 Å². The summed E-state index contributed by atoms with van der Waals surface area (Å²) in [5.41, 5.74) is 11.4. The van der Waals surface area contributed by atoms with Crippen LogP contribution in [-0.2, 0) is 20.7 Å². The number of benzene rings is 1.